The molecule has 0 aliphatic heterocycles. The van der Waals surface area contributed by atoms with Gasteiger partial charge in [-0.05, 0) is 55.2 Å². The summed E-state index contributed by atoms with van der Waals surface area (Å²) in [6, 6.07) is 24.8. The van der Waals surface area contributed by atoms with Crippen molar-refractivity contribution in [1.29, 1.82) is 0 Å². The molecule has 156 valence electrons. The van der Waals surface area contributed by atoms with E-state index >= 15 is 0 Å². The molecule has 0 spiro atoms. The number of nitrogens with zero attached hydrogens (tertiary/aromatic N) is 2. The van der Waals surface area contributed by atoms with Gasteiger partial charge in [-0.1, -0.05) is 48.5 Å². The molecule has 1 aromatic heterocycles. The van der Waals surface area contributed by atoms with E-state index in [4.69, 9.17) is 4.74 Å². The Morgan fingerprint density at radius 1 is 0.967 bits per heavy atom. The fourth-order valence-electron chi connectivity index (χ4n) is 3.06. The minimum atomic E-state index is 0.332. The van der Waals surface area contributed by atoms with Crippen LogP contribution in [-0.2, 0) is 19.6 Å². The Hall–Kier alpha value is -3.34. The van der Waals surface area contributed by atoms with E-state index in [1.54, 1.807) is 13.2 Å². The zero-order chi connectivity index (χ0) is 21.0. The van der Waals surface area contributed by atoms with Gasteiger partial charge >= 0.3 is 0 Å². The largest absolute Gasteiger partial charge is 0.487 e. The Morgan fingerprint density at radius 2 is 1.73 bits per heavy atom. The molecule has 0 radical (unpaired) electrons. The molecule has 1 heterocycles. The van der Waals surface area contributed by atoms with Crippen LogP contribution in [0, 0.1) is 0 Å². The second kappa shape index (κ2) is 11.6. The van der Waals surface area contributed by atoms with E-state index in [0.717, 1.165) is 30.2 Å². The van der Waals surface area contributed by atoms with E-state index in [2.05, 4.69) is 70.0 Å². The monoisotopic (exact) mass is 402 g/mol. The number of guanidine groups is 1. The zero-order valence-electron chi connectivity index (χ0n) is 17.7. The maximum atomic E-state index is 5.79. The van der Waals surface area contributed by atoms with Crippen LogP contribution in [0.2, 0.25) is 0 Å². The van der Waals surface area contributed by atoms with Crippen molar-refractivity contribution in [2.45, 2.75) is 39.0 Å². The highest BCUT2D eigenvalue weighted by Crippen LogP contribution is 2.13. The third kappa shape index (κ3) is 7.24. The second-order valence-electron chi connectivity index (χ2n) is 7.25. The summed E-state index contributed by atoms with van der Waals surface area (Å²) in [6.45, 7) is 3.35. The predicted molar refractivity (Wildman–Crippen MR) is 123 cm³/mol. The standard InChI is InChI=1S/C25H30N4O/c1-20(11-12-21-8-4-3-5-9-21)29-25(26-2)28-18-22-13-15-24(16-14-22)30-19-23-10-6-7-17-27-23/h3-10,13-17,20H,11-12,18-19H2,1-2H3,(H2,26,28,29). The lowest BCUT2D eigenvalue weighted by atomic mass is 10.1. The Balaban J connectivity index is 1.40. The summed E-state index contributed by atoms with van der Waals surface area (Å²) in [5.41, 5.74) is 3.44. The molecule has 5 nitrogen and oxygen atoms in total. The van der Waals surface area contributed by atoms with Crippen molar-refractivity contribution in [1.82, 2.24) is 15.6 Å². The summed E-state index contributed by atoms with van der Waals surface area (Å²) < 4.78 is 5.79. The van der Waals surface area contributed by atoms with Crippen molar-refractivity contribution in [2.24, 2.45) is 4.99 Å². The molecule has 5 heteroatoms. The van der Waals surface area contributed by atoms with Crippen LogP contribution in [0.15, 0.2) is 84.0 Å². The van der Waals surface area contributed by atoms with Gasteiger partial charge in [-0.2, -0.15) is 0 Å². The van der Waals surface area contributed by atoms with Crippen LogP contribution in [0.1, 0.15) is 30.2 Å². The fraction of sp³-hybridized carbons (Fsp3) is 0.280. The number of rotatable bonds is 9. The number of hydrogen-bond donors (Lipinski definition) is 2. The average molecular weight is 403 g/mol. The van der Waals surface area contributed by atoms with Crippen molar-refractivity contribution in [2.75, 3.05) is 7.05 Å². The molecule has 2 aromatic carbocycles. The lowest BCUT2D eigenvalue weighted by molar-refractivity contribution is 0.301. The SMILES string of the molecule is CN=C(NCc1ccc(OCc2ccccn2)cc1)NC(C)CCc1ccccc1. The number of pyridine rings is 1. The van der Waals surface area contributed by atoms with Gasteiger partial charge in [0.2, 0.25) is 0 Å². The molecular formula is C25H30N4O. The molecule has 1 unspecified atom stereocenters. The highest BCUT2D eigenvalue weighted by Gasteiger charge is 2.06. The Morgan fingerprint density at radius 3 is 2.43 bits per heavy atom. The van der Waals surface area contributed by atoms with Crippen molar-refractivity contribution in [3.8, 4) is 5.75 Å². The minimum Gasteiger partial charge on any atom is -0.487 e. The Kier molecular flexibility index (Phi) is 8.27. The van der Waals surface area contributed by atoms with Crippen LogP contribution < -0.4 is 15.4 Å². The first kappa shape index (κ1) is 21.4. The van der Waals surface area contributed by atoms with Gasteiger partial charge in [0.1, 0.15) is 12.4 Å². The van der Waals surface area contributed by atoms with Gasteiger partial charge in [0.15, 0.2) is 5.96 Å². The molecule has 0 aliphatic rings. The van der Waals surface area contributed by atoms with E-state index in [9.17, 15) is 0 Å². The number of aliphatic imine (C=N–C) groups is 1. The lowest BCUT2D eigenvalue weighted by Gasteiger charge is -2.18. The van der Waals surface area contributed by atoms with Crippen LogP contribution in [0.25, 0.3) is 0 Å². The first-order valence-electron chi connectivity index (χ1n) is 10.4. The van der Waals surface area contributed by atoms with E-state index in [0.29, 0.717) is 19.2 Å². The highest BCUT2D eigenvalue weighted by atomic mass is 16.5. The molecule has 0 aliphatic carbocycles. The third-order valence-electron chi connectivity index (χ3n) is 4.81. The normalized spacial score (nSPS) is 12.3. The van der Waals surface area contributed by atoms with Crippen LogP contribution >= 0.6 is 0 Å². The second-order valence-corrected chi connectivity index (χ2v) is 7.25. The summed E-state index contributed by atoms with van der Waals surface area (Å²) in [4.78, 5) is 8.61. The first-order chi connectivity index (χ1) is 14.7. The Bertz CT molecular complexity index is 895. The summed E-state index contributed by atoms with van der Waals surface area (Å²) >= 11 is 0. The number of ether oxygens (including phenoxy) is 1. The van der Waals surface area contributed by atoms with Gasteiger partial charge in [0.25, 0.3) is 0 Å². The van der Waals surface area contributed by atoms with Crippen LogP contribution in [-0.4, -0.2) is 24.0 Å². The number of hydrogen-bond acceptors (Lipinski definition) is 3. The smallest absolute Gasteiger partial charge is 0.191 e. The van der Waals surface area contributed by atoms with Crippen LogP contribution in [0.5, 0.6) is 5.75 Å². The Labute approximate surface area is 179 Å². The number of nitrogens with one attached hydrogen (secondary N) is 2. The zero-order valence-corrected chi connectivity index (χ0v) is 17.7. The van der Waals surface area contributed by atoms with E-state index in [1.165, 1.54) is 11.1 Å². The molecule has 3 rings (SSSR count). The third-order valence-corrected chi connectivity index (χ3v) is 4.81. The summed E-state index contributed by atoms with van der Waals surface area (Å²) in [5, 5.41) is 6.84. The molecule has 0 amide bonds. The van der Waals surface area contributed by atoms with Gasteiger partial charge in [-0.3, -0.25) is 9.98 Å². The first-order valence-corrected chi connectivity index (χ1v) is 10.4. The molecule has 0 saturated heterocycles. The van der Waals surface area contributed by atoms with Crippen molar-refractivity contribution in [3.63, 3.8) is 0 Å². The summed E-state index contributed by atoms with van der Waals surface area (Å²) in [7, 11) is 1.80. The molecule has 1 atom stereocenters. The van der Waals surface area contributed by atoms with Gasteiger partial charge in [-0.15, -0.1) is 0 Å². The lowest BCUT2D eigenvalue weighted by Crippen LogP contribution is -2.42. The van der Waals surface area contributed by atoms with Gasteiger partial charge in [0.05, 0.1) is 5.69 Å². The quantitative estimate of drug-likeness (QED) is 0.413. The van der Waals surface area contributed by atoms with Crippen LogP contribution in [0.4, 0.5) is 0 Å². The predicted octanol–water partition coefficient (Wildman–Crippen LogP) is 4.35. The van der Waals surface area contributed by atoms with E-state index in [-0.39, 0.29) is 0 Å². The van der Waals surface area contributed by atoms with Gasteiger partial charge < -0.3 is 15.4 Å². The van der Waals surface area contributed by atoms with E-state index in [1.807, 2.05) is 30.3 Å². The number of benzene rings is 2. The van der Waals surface area contributed by atoms with Gasteiger partial charge in [-0.25, -0.2) is 0 Å². The topological polar surface area (TPSA) is 58.5 Å². The number of aromatic nitrogens is 1. The van der Waals surface area contributed by atoms with Crippen molar-refractivity contribution in [3.05, 3.63) is 95.8 Å². The molecular weight excluding hydrogens is 372 g/mol. The van der Waals surface area contributed by atoms with E-state index < -0.39 is 0 Å². The summed E-state index contributed by atoms with van der Waals surface area (Å²) in [6.07, 6.45) is 3.87. The molecule has 3 aromatic rings. The number of aryl methyl sites for hydroxylation is 1. The molecule has 0 fully saturated rings. The molecule has 0 saturated carbocycles. The van der Waals surface area contributed by atoms with Crippen molar-refractivity contribution >= 4 is 5.96 Å². The maximum Gasteiger partial charge on any atom is 0.191 e. The molecule has 0 bridgehead atoms. The fourth-order valence-corrected chi connectivity index (χ4v) is 3.06. The maximum absolute atomic E-state index is 5.79. The highest BCUT2D eigenvalue weighted by molar-refractivity contribution is 5.79. The molecule has 2 N–H and O–H groups in total. The average Bonchev–Trinajstić information content (AvgIpc) is 2.81. The van der Waals surface area contributed by atoms with Crippen molar-refractivity contribution < 1.29 is 4.74 Å². The van der Waals surface area contributed by atoms with Crippen LogP contribution in [0.3, 0.4) is 0 Å². The minimum absolute atomic E-state index is 0.332. The molecule has 30 heavy (non-hydrogen) atoms. The summed E-state index contributed by atoms with van der Waals surface area (Å²) in [5.74, 6) is 1.65. The van der Waals surface area contributed by atoms with Gasteiger partial charge in [0, 0.05) is 25.8 Å².